The SMILES string of the molecule is C=CC(CCCCCCCC(C)C)C(=O)O. The van der Waals surface area contributed by atoms with Gasteiger partial charge in [-0.2, -0.15) is 0 Å². The molecule has 0 saturated carbocycles. The zero-order chi connectivity index (χ0) is 12.4. The molecule has 0 fully saturated rings. The molecule has 0 bridgehead atoms. The van der Waals surface area contributed by atoms with Crippen LogP contribution in [0.5, 0.6) is 0 Å². The van der Waals surface area contributed by atoms with Crippen molar-refractivity contribution in [3.63, 3.8) is 0 Å². The molecule has 0 aromatic heterocycles. The number of hydrogen-bond donors (Lipinski definition) is 1. The van der Waals surface area contributed by atoms with Crippen LogP contribution in [-0.2, 0) is 4.79 Å². The van der Waals surface area contributed by atoms with Crippen molar-refractivity contribution in [3.8, 4) is 0 Å². The number of carboxylic acids is 1. The van der Waals surface area contributed by atoms with Gasteiger partial charge in [0.1, 0.15) is 0 Å². The van der Waals surface area contributed by atoms with Gasteiger partial charge < -0.3 is 5.11 Å². The minimum Gasteiger partial charge on any atom is -0.481 e. The minimum atomic E-state index is -0.741. The molecule has 0 amide bonds. The lowest BCUT2D eigenvalue weighted by Crippen LogP contribution is -2.10. The van der Waals surface area contributed by atoms with Crippen molar-refractivity contribution in [2.45, 2.75) is 58.8 Å². The zero-order valence-corrected chi connectivity index (χ0v) is 10.7. The van der Waals surface area contributed by atoms with E-state index < -0.39 is 5.97 Å². The molecule has 0 rings (SSSR count). The second-order valence-corrected chi connectivity index (χ2v) is 4.92. The van der Waals surface area contributed by atoms with E-state index in [0.29, 0.717) is 0 Å². The number of carboxylic acid groups (broad SMARTS) is 1. The lowest BCUT2D eigenvalue weighted by atomic mass is 9.99. The van der Waals surface area contributed by atoms with Crippen LogP contribution in [0.1, 0.15) is 58.8 Å². The first kappa shape index (κ1) is 15.2. The largest absolute Gasteiger partial charge is 0.481 e. The summed E-state index contributed by atoms with van der Waals surface area (Å²) >= 11 is 0. The molecule has 0 aliphatic carbocycles. The van der Waals surface area contributed by atoms with Gasteiger partial charge in [0.05, 0.1) is 5.92 Å². The second kappa shape index (κ2) is 9.44. The molecule has 0 aromatic carbocycles. The smallest absolute Gasteiger partial charge is 0.310 e. The highest BCUT2D eigenvalue weighted by atomic mass is 16.4. The molecule has 2 nitrogen and oxygen atoms in total. The van der Waals surface area contributed by atoms with E-state index in [1.54, 1.807) is 6.08 Å². The summed E-state index contributed by atoms with van der Waals surface area (Å²) in [6.07, 6.45) is 9.57. The average molecular weight is 226 g/mol. The maximum absolute atomic E-state index is 10.7. The Hall–Kier alpha value is -0.790. The van der Waals surface area contributed by atoms with Gasteiger partial charge in [-0.05, 0) is 12.3 Å². The summed E-state index contributed by atoms with van der Waals surface area (Å²) in [5.74, 6) is -0.289. The van der Waals surface area contributed by atoms with Gasteiger partial charge in [0.15, 0.2) is 0 Å². The number of hydrogen-bond acceptors (Lipinski definition) is 1. The van der Waals surface area contributed by atoms with E-state index in [2.05, 4.69) is 20.4 Å². The topological polar surface area (TPSA) is 37.3 Å². The number of unbranched alkanes of at least 4 members (excludes halogenated alkanes) is 4. The highest BCUT2D eigenvalue weighted by molar-refractivity contribution is 5.71. The Kier molecular flexibility index (Phi) is 8.97. The third kappa shape index (κ3) is 8.51. The molecule has 0 aliphatic rings. The van der Waals surface area contributed by atoms with Crippen LogP contribution in [0.25, 0.3) is 0 Å². The van der Waals surface area contributed by atoms with E-state index in [4.69, 9.17) is 5.11 Å². The van der Waals surface area contributed by atoms with Gasteiger partial charge in [0, 0.05) is 0 Å². The summed E-state index contributed by atoms with van der Waals surface area (Å²) in [5.41, 5.74) is 0. The van der Waals surface area contributed by atoms with Crippen LogP contribution in [0.15, 0.2) is 12.7 Å². The van der Waals surface area contributed by atoms with E-state index in [1.807, 2.05) is 0 Å². The first-order chi connectivity index (χ1) is 7.57. The maximum atomic E-state index is 10.7. The Morgan fingerprint density at radius 2 is 1.62 bits per heavy atom. The highest BCUT2D eigenvalue weighted by Crippen LogP contribution is 2.14. The summed E-state index contributed by atoms with van der Waals surface area (Å²) in [6, 6.07) is 0. The fourth-order valence-corrected chi connectivity index (χ4v) is 1.79. The molecule has 1 unspecified atom stereocenters. The standard InChI is InChI=1S/C14H26O2/c1-4-13(14(15)16)11-9-7-5-6-8-10-12(2)3/h4,12-13H,1,5-11H2,2-3H3,(H,15,16). The summed E-state index contributed by atoms with van der Waals surface area (Å²) in [4.78, 5) is 10.7. The van der Waals surface area contributed by atoms with Crippen molar-refractivity contribution >= 4 is 5.97 Å². The van der Waals surface area contributed by atoms with Crippen LogP contribution < -0.4 is 0 Å². The van der Waals surface area contributed by atoms with Crippen molar-refractivity contribution in [1.29, 1.82) is 0 Å². The molecular weight excluding hydrogens is 200 g/mol. The molecule has 0 heterocycles. The first-order valence-corrected chi connectivity index (χ1v) is 6.43. The Morgan fingerprint density at radius 1 is 1.12 bits per heavy atom. The number of carbonyl (C=O) groups is 1. The summed E-state index contributed by atoms with van der Waals surface area (Å²) in [7, 11) is 0. The molecule has 0 spiro atoms. The Labute approximate surface area is 99.7 Å². The van der Waals surface area contributed by atoms with E-state index in [-0.39, 0.29) is 5.92 Å². The lowest BCUT2D eigenvalue weighted by molar-refractivity contribution is -0.140. The fourth-order valence-electron chi connectivity index (χ4n) is 1.79. The molecule has 0 saturated heterocycles. The van der Waals surface area contributed by atoms with Crippen molar-refractivity contribution in [3.05, 3.63) is 12.7 Å². The molecule has 0 radical (unpaired) electrons. The van der Waals surface area contributed by atoms with Crippen LogP contribution in [0.4, 0.5) is 0 Å². The molecule has 0 aromatic rings. The van der Waals surface area contributed by atoms with E-state index in [9.17, 15) is 4.79 Å². The maximum Gasteiger partial charge on any atom is 0.310 e. The second-order valence-electron chi connectivity index (χ2n) is 4.92. The predicted octanol–water partition coefficient (Wildman–Crippen LogP) is 4.26. The minimum absolute atomic E-state index is 0.351. The van der Waals surface area contributed by atoms with Crippen molar-refractivity contribution in [2.24, 2.45) is 11.8 Å². The number of rotatable bonds is 10. The van der Waals surface area contributed by atoms with Gasteiger partial charge >= 0.3 is 5.97 Å². The molecule has 2 heteroatoms. The van der Waals surface area contributed by atoms with E-state index in [1.165, 1.54) is 25.7 Å². The Bertz CT molecular complexity index is 197. The van der Waals surface area contributed by atoms with Crippen molar-refractivity contribution in [1.82, 2.24) is 0 Å². The highest BCUT2D eigenvalue weighted by Gasteiger charge is 2.11. The number of aliphatic carboxylic acids is 1. The average Bonchev–Trinajstić information content (AvgIpc) is 2.21. The van der Waals surface area contributed by atoms with Gasteiger partial charge in [-0.15, -0.1) is 6.58 Å². The van der Waals surface area contributed by atoms with Crippen LogP contribution in [-0.4, -0.2) is 11.1 Å². The third-order valence-electron chi connectivity index (χ3n) is 2.90. The van der Waals surface area contributed by atoms with Crippen LogP contribution in [0.2, 0.25) is 0 Å². The first-order valence-electron chi connectivity index (χ1n) is 6.43. The summed E-state index contributed by atoms with van der Waals surface area (Å²) in [5, 5.41) is 8.80. The molecule has 1 N–H and O–H groups in total. The van der Waals surface area contributed by atoms with E-state index in [0.717, 1.165) is 25.2 Å². The van der Waals surface area contributed by atoms with E-state index >= 15 is 0 Å². The summed E-state index contributed by atoms with van der Waals surface area (Å²) < 4.78 is 0. The van der Waals surface area contributed by atoms with Gasteiger partial charge in [-0.1, -0.05) is 58.4 Å². The van der Waals surface area contributed by atoms with Gasteiger partial charge in [-0.25, -0.2) is 0 Å². The lowest BCUT2D eigenvalue weighted by Gasteiger charge is -2.07. The van der Waals surface area contributed by atoms with Gasteiger partial charge in [0.2, 0.25) is 0 Å². The van der Waals surface area contributed by atoms with Crippen LogP contribution in [0, 0.1) is 11.8 Å². The third-order valence-corrected chi connectivity index (χ3v) is 2.90. The van der Waals surface area contributed by atoms with Crippen molar-refractivity contribution < 1.29 is 9.90 Å². The van der Waals surface area contributed by atoms with Crippen LogP contribution in [0.3, 0.4) is 0 Å². The molecular formula is C14H26O2. The zero-order valence-electron chi connectivity index (χ0n) is 10.7. The van der Waals surface area contributed by atoms with Gasteiger partial charge in [-0.3, -0.25) is 4.79 Å². The quantitative estimate of drug-likeness (QED) is 0.446. The molecule has 1 atom stereocenters. The fraction of sp³-hybridized carbons (Fsp3) is 0.786. The van der Waals surface area contributed by atoms with Gasteiger partial charge in [0.25, 0.3) is 0 Å². The predicted molar refractivity (Wildman–Crippen MR) is 68.5 cm³/mol. The van der Waals surface area contributed by atoms with Crippen LogP contribution >= 0.6 is 0 Å². The normalized spacial score (nSPS) is 12.7. The monoisotopic (exact) mass is 226 g/mol. The molecule has 16 heavy (non-hydrogen) atoms. The molecule has 0 aliphatic heterocycles. The summed E-state index contributed by atoms with van der Waals surface area (Å²) in [6.45, 7) is 8.05. The molecule has 94 valence electrons. The Morgan fingerprint density at radius 3 is 2.06 bits per heavy atom. The van der Waals surface area contributed by atoms with Crippen molar-refractivity contribution in [2.75, 3.05) is 0 Å². The Balaban J connectivity index is 3.32.